The van der Waals surface area contributed by atoms with Gasteiger partial charge in [0.1, 0.15) is 0 Å². The van der Waals surface area contributed by atoms with Gasteiger partial charge in [-0.25, -0.2) is 4.79 Å². The van der Waals surface area contributed by atoms with E-state index in [0.29, 0.717) is 17.0 Å². The number of nitrogens with zero attached hydrogens (tertiary/aromatic N) is 2. The largest absolute Gasteiger partial charge is 0.478 e. The molecule has 0 radical (unpaired) electrons. The van der Waals surface area contributed by atoms with E-state index < -0.39 is 5.97 Å². The molecule has 132 valence electrons. The predicted molar refractivity (Wildman–Crippen MR) is 105 cm³/mol. The number of aromatic carboxylic acids is 1. The highest BCUT2D eigenvalue weighted by atomic mass is 35.5. The van der Waals surface area contributed by atoms with E-state index in [-0.39, 0.29) is 16.5 Å². The van der Waals surface area contributed by atoms with Crippen LogP contribution in [0.3, 0.4) is 0 Å². The first kappa shape index (κ1) is 18.2. The molecule has 0 atom stereocenters. The molecule has 3 rings (SSSR count). The van der Waals surface area contributed by atoms with Gasteiger partial charge in [-0.2, -0.15) is 10.1 Å². The third-order valence-corrected chi connectivity index (χ3v) is 4.99. The van der Waals surface area contributed by atoms with E-state index in [2.05, 4.69) is 5.10 Å². The number of carbonyl (C=O) groups excluding carboxylic acids is 1. The van der Waals surface area contributed by atoms with Crippen LogP contribution in [0.4, 0.5) is 5.69 Å². The number of amides is 1. The summed E-state index contributed by atoms with van der Waals surface area (Å²) in [6, 6.07) is 12.2. The van der Waals surface area contributed by atoms with Crippen molar-refractivity contribution in [1.29, 1.82) is 0 Å². The lowest BCUT2D eigenvalue weighted by Gasteiger charge is -2.13. The molecule has 1 aliphatic heterocycles. The minimum absolute atomic E-state index is 0.0742. The number of hydrogen-bond acceptors (Lipinski definition) is 4. The van der Waals surface area contributed by atoms with Crippen LogP contribution in [0.1, 0.15) is 22.8 Å². The smallest absolute Gasteiger partial charge is 0.337 e. The Morgan fingerprint density at radius 1 is 1.23 bits per heavy atom. The number of hydrogen-bond donors (Lipinski definition) is 1. The fraction of sp³-hybridized carbons (Fsp3) is 0.105. The number of carboxylic acid groups (broad SMARTS) is 1. The summed E-state index contributed by atoms with van der Waals surface area (Å²) in [7, 11) is 0. The number of halogens is 1. The molecule has 2 aromatic carbocycles. The summed E-state index contributed by atoms with van der Waals surface area (Å²) >= 11 is 7.54. The molecule has 1 heterocycles. The van der Waals surface area contributed by atoms with E-state index in [1.165, 1.54) is 17.1 Å². The quantitative estimate of drug-likeness (QED) is 0.617. The van der Waals surface area contributed by atoms with Gasteiger partial charge in [-0.05, 0) is 55.2 Å². The molecular formula is C19H15ClN2O3S. The standard InChI is InChI=1S/C19H15ClN2O3S/c1-11-15(9-12-3-6-14(26-2)7-4-12)18(23)22(21-11)13-5-8-17(20)16(10-13)19(24)25/h3-10H,1-2H3,(H,24,25)/b15-9-. The SMILES string of the molecule is CSc1ccc(/C=C2\C(=O)N(c3ccc(Cl)c(C(=O)O)c3)N=C2C)cc1. The Hall–Kier alpha value is -2.57. The molecule has 0 saturated heterocycles. The van der Waals surface area contributed by atoms with Gasteiger partial charge in [-0.3, -0.25) is 4.79 Å². The van der Waals surface area contributed by atoms with Crippen LogP contribution in [0.2, 0.25) is 5.02 Å². The van der Waals surface area contributed by atoms with Gasteiger partial charge >= 0.3 is 5.97 Å². The average Bonchev–Trinajstić information content (AvgIpc) is 2.91. The lowest BCUT2D eigenvalue weighted by Crippen LogP contribution is -2.21. The van der Waals surface area contributed by atoms with Crippen LogP contribution in [0.15, 0.2) is 58.0 Å². The van der Waals surface area contributed by atoms with E-state index in [9.17, 15) is 14.7 Å². The number of thioether (sulfide) groups is 1. The van der Waals surface area contributed by atoms with Crippen LogP contribution in [0.5, 0.6) is 0 Å². The first-order valence-electron chi connectivity index (χ1n) is 7.69. The molecule has 0 spiro atoms. The first-order chi connectivity index (χ1) is 12.4. The van der Waals surface area contributed by atoms with Crippen molar-refractivity contribution < 1.29 is 14.7 Å². The summed E-state index contributed by atoms with van der Waals surface area (Å²) in [6.07, 6.45) is 3.78. The van der Waals surface area contributed by atoms with Crippen molar-refractivity contribution in [3.05, 3.63) is 64.2 Å². The van der Waals surface area contributed by atoms with Gasteiger partial charge in [0, 0.05) is 4.90 Å². The monoisotopic (exact) mass is 386 g/mol. The van der Waals surface area contributed by atoms with Crippen molar-refractivity contribution >= 4 is 52.7 Å². The molecule has 0 aromatic heterocycles. The van der Waals surface area contributed by atoms with Gasteiger partial charge in [0.15, 0.2) is 0 Å². The molecule has 5 nitrogen and oxygen atoms in total. The predicted octanol–water partition coefficient (Wildman–Crippen LogP) is 4.57. The Balaban J connectivity index is 1.94. The molecule has 1 N–H and O–H groups in total. The van der Waals surface area contributed by atoms with Crippen LogP contribution in [-0.2, 0) is 4.79 Å². The van der Waals surface area contributed by atoms with Gasteiger partial charge in [-0.15, -0.1) is 11.8 Å². The summed E-state index contributed by atoms with van der Waals surface area (Å²) in [5.41, 5.74) is 2.21. The number of carbonyl (C=O) groups is 2. The second-order valence-corrected chi connectivity index (χ2v) is 6.89. The molecular weight excluding hydrogens is 372 g/mol. The maximum Gasteiger partial charge on any atom is 0.337 e. The van der Waals surface area contributed by atoms with Gasteiger partial charge in [-0.1, -0.05) is 23.7 Å². The number of hydrazone groups is 1. The van der Waals surface area contributed by atoms with Gasteiger partial charge in [0.2, 0.25) is 0 Å². The van der Waals surface area contributed by atoms with Gasteiger partial charge in [0.05, 0.1) is 27.6 Å². The van der Waals surface area contributed by atoms with Crippen molar-refractivity contribution in [2.24, 2.45) is 5.10 Å². The molecule has 0 aliphatic carbocycles. The zero-order valence-electron chi connectivity index (χ0n) is 14.1. The molecule has 0 bridgehead atoms. The summed E-state index contributed by atoms with van der Waals surface area (Å²) in [6.45, 7) is 1.74. The third-order valence-electron chi connectivity index (χ3n) is 3.91. The molecule has 7 heteroatoms. The number of anilines is 1. The highest BCUT2D eigenvalue weighted by Crippen LogP contribution is 2.29. The van der Waals surface area contributed by atoms with E-state index in [1.54, 1.807) is 30.8 Å². The highest BCUT2D eigenvalue weighted by molar-refractivity contribution is 7.98. The van der Waals surface area contributed by atoms with Crippen LogP contribution in [-0.4, -0.2) is 29.0 Å². The van der Waals surface area contributed by atoms with Crippen molar-refractivity contribution in [2.75, 3.05) is 11.3 Å². The Labute approximate surface area is 160 Å². The molecule has 26 heavy (non-hydrogen) atoms. The molecule has 1 amide bonds. The van der Waals surface area contributed by atoms with E-state index in [0.717, 1.165) is 10.5 Å². The summed E-state index contributed by atoms with van der Waals surface area (Å²) in [4.78, 5) is 25.2. The molecule has 0 saturated carbocycles. The normalized spacial score (nSPS) is 15.5. The molecule has 2 aromatic rings. The summed E-state index contributed by atoms with van der Waals surface area (Å²) in [5, 5.41) is 14.8. The second kappa shape index (κ2) is 7.35. The summed E-state index contributed by atoms with van der Waals surface area (Å²) in [5.74, 6) is -1.47. The highest BCUT2D eigenvalue weighted by Gasteiger charge is 2.29. The number of rotatable bonds is 4. The van der Waals surface area contributed by atoms with Crippen molar-refractivity contribution in [3.8, 4) is 0 Å². The molecule has 1 aliphatic rings. The Morgan fingerprint density at radius 3 is 2.54 bits per heavy atom. The van der Waals surface area contributed by atoms with Crippen LogP contribution < -0.4 is 5.01 Å². The zero-order chi connectivity index (χ0) is 18.8. The van der Waals surface area contributed by atoms with E-state index in [4.69, 9.17) is 11.6 Å². The number of carboxylic acids is 1. The average molecular weight is 387 g/mol. The minimum atomic E-state index is -1.16. The fourth-order valence-corrected chi connectivity index (χ4v) is 3.14. The summed E-state index contributed by atoms with van der Waals surface area (Å²) < 4.78 is 0. The Morgan fingerprint density at radius 2 is 1.92 bits per heavy atom. The third kappa shape index (κ3) is 3.52. The zero-order valence-corrected chi connectivity index (χ0v) is 15.6. The minimum Gasteiger partial charge on any atom is -0.478 e. The maximum absolute atomic E-state index is 12.8. The second-order valence-electron chi connectivity index (χ2n) is 5.60. The Bertz CT molecular complexity index is 952. The van der Waals surface area contributed by atoms with Crippen LogP contribution >= 0.6 is 23.4 Å². The van der Waals surface area contributed by atoms with Crippen molar-refractivity contribution in [1.82, 2.24) is 0 Å². The topological polar surface area (TPSA) is 70.0 Å². The van der Waals surface area contributed by atoms with Crippen LogP contribution in [0.25, 0.3) is 6.08 Å². The first-order valence-corrected chi connectivity index (χ1v) is 9.29. The van der Waals surface area contributed by atoms with Gasteiger partial charge < -0.3 is 5.11 Å². The molecule has 0 fully saturated rings. The lowest BCUT2D eigenvalue weighted by atomic mass is 10.1. The Kier molecular flexibility index (Phi) is 5.15. The van der Waals surface area contributed by atoms with Gasteiger partial charge in [0.25, 0.3) is 5.91 Å². The van der Waals surface area contributed by atoms with Crippen molar-refractivity contribution in [2.45, 2.75) is 11.8 Å². The van der Waals surface area contributed by atoms with E-state index >= 15 is 0 Å². The maximum atomic E-state index is 12.8. The van der Waals surface area contributed by atoms with Crippen LogP contribution in [0, 0.1) is 0 Å². The lowest BCUT2D eigenvalue weighted by molar-refractivity contribution is -0.114. The molecule has 0 unspecified atom stereocenters. The number of benzene rings is 2. The van der Waals surface area contributed by atoms with E-state index in [1.807, 2.05) is 30.5 Å². The van der Waals surface area contributed by atoms with Crippen molar-refractivity contribution in [3.63, 3.8) is 0 Å². The fourth-order valence-electron chi connectivity index (χ4n) is 2.53.